The van der Waals surface area contributed by atoms with Crippen LogP contribution in [0.5, 0.6) is 0 Å². The summed E-state index contributed by atoms with van der Waals surface area (Å²) in [6.07, 6.45) is -5.25. The monoisotopic (exact) mass is 267 g/mol. The van der Waals surface area contributed by atoms with E-state index < -0.39 is 17.8 Å². The number of aliphatic hydroxyl groups excluding tert-OH is 1. The summed E-state index contributed by atoms with van der Waals surface area (Å²) < 4.78 is 38.7. The molecule has 0 aliphatic carbocycles. The zero-order chi connectivity index (χ0) is 14.0. The number of hydrogen-bond acceptors (Lipinski definition) is 2. The fraction of sp³-hybridized carbons (Fsp3) is 0.214. The van der Waals surface area contributed by atoms with Crippen LogP contribution in [-0.4, -0.2) is 10.1 Å². The first-order valence-corrected chi connectivity index (χ1v) is 5.71. The summed E-state index contributed by atoms with van der Waals surface area (Å²) in [7, 11) is 0. The van der Waals surface area contributed by atoms with Crippen molar-refractivity contribution in [2.45, 2.75) is 19.2 Å². The summed E-state index contributed by atoms with van der Waals surface area (Å²) in [5.41, 5.74) is -0.177. The van der Waals surface area contributed by atoms with Crippen molar-refractivity contribution in [3.8, 4) is 11.3 Å². The molecule has 1 atom stereocenters. The Morgan fingerprint density at radius 3 is 2.37 bits per heavy atom. The predicted octanol–water partition coefficient (Wildman–Crippen LogP) is 3.82. The molecule has 2 aromatic rings. The lowest BCUT2D eigenvalue weighted by Gasteiger charge is -2.13. The maximum atomic E-state index is 12.9. The molecule has 0 fully saturated rings. The van der Waals surface area contributed by atoms with Gasteiger partial charge in [0.1, 0.15) is 0 Å². The second kappa shape index (κ2) is 5.01. The lowest BCUT2D eigenvalue weighted by molar-refractivity contribution is -0.137. The van der Waals surface area contributed by atoms with Gasteiger partial charge in [0, 0.05) is 5.56 Å². The number of halogens is 3. The maximum Gasteiger partial charge on any atom is 0.417 e. The van der Waals surface area contributed by atoms with Crippen LogP contribution in [0.2, 0.25) is 0 Å². The first-order chi connectivity index (χ1) is 8.89. The van der Waals surface area contributed by atoms with Gasteiger partial charge in [0.15, 0.2) is 0 Å². The number of benzene rings is 1. The Morgan fingerprint density at radius 2 is 1.74 bits per heavy atom. The van der Waals surface area contributed by atoms with Gasteiger partial charge in [-0.2, -0.15) is 13.2 Å². The Bertz CT molecular complexity index is 579. The topological polar surface area (TPSA) is 33.1 Å². The fourth-order valence-electron chi connectivity index (χ4n) is 1.79. The summed E-state index contributed by atoms with van der Waals surface area (Å²) in [5.74, 6) is 0. The second-order valence-electron chi connectivity index (χ2n) is 4.17. The van der Waals surface area contributed by atoms with Gasteiger partial charge in [0.25, 0.3) is 0 Å². The highest BCUT2D eigenvalue weighted by Gasteiger charge is 2.33. The Morgan fingerprint density at radius 1 is 1.05 bits per heavy atom. The van der Waals surface area contributed by atoms with Crippen molar-refractivity contribution in [2.24, 2.45) is 0 Å². The van der Waals surface area contributed by atoms with E-state index in [1.807, 2.05) is 0 Å². The maximum absolute atomic E-state index is 12.9. The Hall–Kier alpha value is -1.88. The molecule has 2 rings (SSSR count). The van der Waals surface area contributed by atoms with Crippen molar-refractivity contribution in [1.82, 2.24) is 4.98 Å². The molecule has 19 heavy (non-hydrogen) atoms. The summed E-state index contributed by atoms with van der Waals surface area (Å²) in [4.78, 5) is 4.07. The molecule has 5 heteroatoms. The average Bonchev–Trinajstić information content (AvgIpc) is 2.38. The molecule has 100 valence electrons. The van der Waals surface area contributed by atoms with E-state index in [1.165, 1.54) is 31.2 Å². The van der Waals surface area contributed by atoms with E-state index in [2.05, 4.69) is 4.98 Å². The number of alkyl halides is 3. The van der Waals surface area contributed by atoms with Gasteiger partial charge in [-0.3, -0.25) is 4.98 Å². The number of pyridine rings is 1. The van der Waals surface area contributed by atoms with Gasteiger partial charge in [-0.15, -0.1) is 0 Å². The fourth-order valence-corrected chi connectivity index (χ4v) is 1.79. The summed E-state index contributed by atoms with van der Waals surface area (Å²) in [5, 5.41) is 9.44. The minimum Gasteiger partial charge on any atom is -0.387 e. The lowest BCUT2D eigenvalue weighted by atomic mass is 10.0. The minimum absolute atomic E-state index is 0.0116. The number of nitrogens with zero attached hydrogens (tertiary/aromatic N) is 1. The van der Waals surface area contributed by atoms with Crippen molar-refractivity contribution in [3.05, 3.63) is 53.7 Å². The van der Waals surface area contributed by atoms with Crippen LogP contribution in [0.25, 0.3) is 11.3 Å². The third-order valence-corrected chi connectivity index (χ3v) is 2.71. The highest BCUT2D eigenvalue weighted by molar-refractivity contribution is 5.64. The van der Waals surface area contributed by atoms with Crippen LogP contribution in [0.4, 0.5) is 13.2 Å². The molecule has 1 aromatic carbocycles. The van der Waals surface area contributed by atoms with E-state index in [-0.39, 0.29) is 11.3 Å². The molecule has 2 nitrogen and oxygen atoms in total. The first kappa shape index (κ1) is 13.5. The normalized spacial score (nSPS) is 13.3. The zero-order valence-corrected chi connectivity index (χ0v) is 10.1. The molecule has 1 heterocycles. The molecule has 0 aliphatic rings. The SMILES string of the molecule is C[C@@H](O)c1cccc(-c2ccccc2C(F)(F)F)n1. The second-order valence-corrected chi connectivity index (χ2v) is 4.17. The van der Waals surface area contributed by atoms with Gasteiger partial charge in [-0.05, 0) is 25.1 Å². The summed E-state index contributed by atoms with van der Waals surface area (Å²) in [6.45, 7) is 1.52. The van der Waals surface area contributed by atoms with Gasteiger partial charge in [0.05, 0.1) is 23.1 Å². The largest absolute Gasteiger partial charge is 0.417 e. The van der Waals surface area contributed by atoms with Crippen LogP contribution in [0.3, 0.4) is 0 Å². The number of rotatable bonds is 2. The van der Waals surface area contributed by atoms with Crippen LogP contribution in [0.1, 0.15) is 24.3 Å². The Labute approximate surface area is 108 Å². The molecular weight excluding hydrogens is 255 g/mol. The highest BCUT2D eigenvalue weighted by Crippen LogP contribution is 2.36. The van der Waals surface area contributed by atoms with E-state index in [0.29, 0.717) is 5.69 Å². The molecule has 0 radical (unpaired) electrons. The minimum atomic E-state index is -4.43. The van der Waals surface area contributed by atoms with Crippen molar-refractivity contribution in [3.63, 3.8) is 0 Å². The molecule has 0 amide bonds. The van der Waals surface area contributed by atoms with Crippen molar-refractivity contribution < 1.29 is 18.3 Å². The number of aliphatic hydroxyl groups is 1. The van der Waals surface area contributed by atoms with Crippen molar-refractivity contribution in [1.29, 1.82) is 0 Å². The molecule has 0 aliphatic heterocycles. The summed E-state index contributed by atoms with van der Waals surface area (Å²) >= 11 is 0. The van der Waals surface area contributed by atoms with E-state index in [0.717, 1.165) is 6.07 Å². The predicted molar refractivity (Wildman–Crippen MR) is 65.3 cm³/mol. The Kier molecular flexibility index (Phi) is 3.57. The van der Waals surface area contributed by atoms with Crippen LogP contribution < -0.4 is 0 Å². The van der Waals surface area contributed by atoms with Crippen LogP contribution in [-0.2, 0) is 6.18 Å². The van der Waals surface area contributed by atoms with Crippen LogP contribution in [0.15, 0.2) is 42.5 Å². The van der Waals surface area contributed by atoms with Gasteiger partial charge in [-0.1, -0.05) is 24.3 Å². The third-order valence-electron chi connectivity index (χ3n) is 2.71. The van der Waals surface area contributed by atoms with E-state index in [9.17, 15) is 18.3 Å². The molecule has 0 bridgehead atoms. The number of hydrogen-bond donors (Lipinski definition) is 1. The molecule has 0 saturated heterocycles. The van der Waals surface area contributed by atoms with Crippen LogP contribution in [0, 0.1) is 0 Å². The van der Waals surface area contributed by atoms with Gasteiger partial charge >= 0.3 is 6.18 Å². The lowest BCUT2D eigenvalue weighted by Crippen LogP contribution is -2.07. The molecule has 0 spiro atoms. The third kappa shape index (κ3) is 2.93. The Balaban J connectivity index is 2.56. The van der Waals surface area contributed by atoms with Crippen molar-refractivity contribution >= 4 is 0 Å². The highest BCUT2D eigenvalue weighted by atomic mass is 19.4. The van der Waals surface area contributed by atoms with Crippen LogP contribution >= 0.6 is 0 Å². The quantitative estimate of drug-likeness (QED) is 0.897. The van der Waals surface area contributed by atoms with E-state index in [4.69, 9.17) is 0 Å². The zero-order valence-electron chi connectivity index (χ0n) is 10.1. The standard InChI is InChI=1S/C14H12F3NO/c1-9(19)12-7-4-8-13(18-12)10-5-2-3-6-11(10)14(15,16)17/h2-9,19H,1H3/t9-/m1/s1. The molecule has 1 aromatic heterocycles. The molecular formula is C14H12F3NO. The molecule has 0 saturated carbocycles. The first-order valence-electron chi connectivity index (χ1n) is 5.71. The number of aromatic nitrogens is 1. The van der Waals surface area contributed by atoms with Gasteiger partial charge in [-0.25, -0.2) is 0 Å². The van der Waals surface area contributed by atoms with Gasteiger partial charge in [0.2, 0.25) is 0 Å². The molecule has 1 N–H and O–H groups in total. The van der Waals surface area contributed by atoms with E-state index in [1.54, 1.807) is 12.1 Å². The average molecular weight is 267 g/mol. The van der Waals surface area contributed by atoms with Crippen molar-refractivity contribution in [2.75, 3.05) is 0 Å². The van der Waals surface area contributed by atoms with Gasteiger partial charge < -0.3 is 5.11 Å². The smallest absolute Gasteiger partial charge is 0.387 e. The summed E-state index contributed by atoms with van der Waals surface area (Å²) in [6, 6.07) is 9.91. The molecule has 0 unspecified atom stereocenters. The van der Waals surface area contributed by atoms with E-state index >= 15 is 0 Å².